The maximum absolute atomic E-state index is 12.3. The van der Waals surface area contributed by atoms with Gasteiger partial charge < -0.3 is 9.73 Å². The molecule has 2 aromatic heterocycles. The fourth-order valence-electron chi connectivity index (χ4n) is 2.47. The zero-order chi connectivity index (χ0) is 16.9. The van der Waals surface area contributed by atoms with E-state index in [0.717, 1.165) is 12.0 Å². The average Bonchev–Trinajstić information content (AvgIpc) is 3.26. The number of rotatable bonds is 6. The minimum Gasteiger partial charge on any atom is -0.451 e. The van der Waals surface area contributed by atoms with Crippen LogP contribution in [0.25, 0.3) is 11.3 Å². The van der Waals surface area contributed by atoms with Crippen LogP contribution in [0.5, 0.6) is 0 Å². The van der Waals surface area contributed by atoms with Gasteiger partial charge in [-0.15, -0.1) is 0 Å². The van der Waals surface area contributed by atoms with Crippen LogP contribution >= 0.6 is 0 Å². The van der Waals surface area contributed by atoms with Gasteiger partial charge in [0.25, 0.3) is 5.91 Å². The van der Waals surface area contributed by atoms with Crippen molar-refractivity contribution < 1.29 is 9.21 Å². The number of carbonyl (C=O) groups is 1. The predicted octanol–water partition coefficient (Wildman–Crippen LogP) is 2.92. The van der Waals surface area contributed by atoms with Gasteiger partial charge in [-0.05, 0) is 31.0 Å². The molecule has 0 aliphatic carbocycles. The van der Waals surface area contributed by atoms with Crippen molar-refractivity contribution in [2.24, 2.45) is 0 Å². The molecule has 124 valence electrons. The maximum Gasteiger partial charge on any atom is 0.287 e. The molecule has 0 bridgehead atoms. The van der Waals surface area contributed by atoms with Crippen molar-refractivity contribution in [3.8, 4) is 11.3 Å². The Balaban J connectivity index is 1.64. The first-order valence-electron chi connectivity index (χ1n) is 7.98. The van der Waals surface area contributed by atoms with E-state index in [1.165, 1.54) is 11.9 Å². The van der Waals surface area contributed by atoms with Crippen molar-refractivity contribution in [3.05, 3.63) is 60.4 Å². The summed E-state index contributed by atoms with van der Waals surface area (Å²) < 4.78 is 7.37. The maximum atomic E-state index is 12.3. The molecule has 0 aliphatic rings. The number of benzene rings is 1. The van der Waals surface area contributed by atoms with Gasteiger partial charge in [0.1, 0.15) is 18.4 Å². The Hall–Kier alpha value is -2.89. The molecule has 1 atom stereocenters. The van der Waals surface area contributed by atoms with Crippen LogP contribution in [0, 0.1) is 0 Å². The highest BCUT2D eigenvalue weighted by molar-refractivity contribution is 5.92. The minimum atomic E-state index is -0.237. The fraction of sp³-hybridized carbons (Fsp3) is 0.278. The summed E-state index contributed by atoms with van der Waals surface area (Å²) in [7, 11) is 0. The monoisotopic (exact) mass is 324 g/mol. The first-order valence-corrected chi connectivity index (χ1v) is 7.98. The third kappa shape index (κ3) is 3.71. The second-order valence-corrected chi connectivity index (χ2v) is 5.71. The van der Waals surface area contributed by atoms with Crippen molar-refractivity contribution in [1.29, 1.82) is 0 Å². The van der Waals surface area contributed by atoms with Crippen LogP contribution < -0.4 is 5.32 Å². The normalized spacial score (nSPS) is 12.1. The number of aromatic nitrogens is 3. The molecule has 0 saturated heterocycles. The van der Waals surface area contributed by atoms with Gasteiger partial charge in [0.05, 0.1) is 6.54 Å². The van der Waals surface area contributed by atoms with Crippen molar-refractivity contribution in [1.82, 2.24) is 20.1 Å². The van der Waals surface area contributed by atoms with E-state index in [2.05, 4.69) is 34.5 Å². The molecule has 24 heavy (non-hydrogen) atoms. The van der Waals surface area contributed by atoms with Gasteiger partial charge >= 0.3 is 0 Å². The predicted molar refractivity (Wildman–Crippen MR) is 90.5 cm³/mol. The van der Waals surface area contributed by atoms with Crippen molar-refractivity contribution in [2.75, 3.05) is 0 Å². The van der Waals surface area contributed by atoms with E-state index in [9.17, 15) is 4.79 Å². The lowest BCUT2D eigenvalue weighted by Crippen LogP contribution is -2.35. The van der Waals surface area contributed by atoms with Crippen molar-refractivity contribution >= 4 is 5.91 Å². The quantitative estimate of drug-likeness (QED) is 0.756. The largest absolute Gasteiger partial charge is 0.451 e. The van der Waals surface area contributed by atoms with Gasteiger partial charge in [0.2, 0.25) is 0 Å². The second-order valence-electron chi connectivity index (χ2n) is 5.71. The van der Waals surface area contributed by atoms with Crippen LogP contribution in [-0.2, 0) is 13.0 Å². The minimum absolute atomic E-state index is 0.0865. The topological polar surface area (TPSA) is 73.0 Å². The molecule has 3 aromatic rings. The highest BCUT2D eigenvalue weighted by Gasteiger charge is 2.15. The van der Waals surface area contributed by atoms with Gasteiger partial charge in [-0.3, -0.25) is 9.48 Å². The Morgan fingerprint density at radius 1 is 1.25 bits per heavy atom. The Bertz CT molecular complexity index is 791. The summed E-state index contributed by atoms with van der Waals surface area (Å²) in [6.45, 7) is 4.58. The summed E-state index contributed by atoms with van der Waals surface area (Å²) in [5.41, 5.74) is 2.23. The van der Waals surface area contributed by atoms with Crippen LogP contribution in [-0.4, -0.2) is 26.7 Å². The van der Waals surface area contributed by atoms with Gasteiger partial charge in [-0.25, -0.2) is 4.98 Å². The average molecular weight is 324 g/mol. The van der Waals surface area contributed by atoms with E-state index >= 15 is 0 Å². The fourth-order valence-corrected chi connectivity index (χ4v) is 2.47. The molecule has 0 saturated carbocycles. The van der Waals surface area contributed by atoms with Crippen LogP contribution in [0.1, 0.15) is 30.0 Å². The first kappa shape index (κ1) is 16.0. The molecule has 0 spiro atoms. The van der Waals surface area contributed by atoms with Crippen molar-refractivity contribution in [3.63, 3.8) is 0 Å². The third-order valence-corrected chi connectivity index (χ3v) is 3.78. The molecular formula is C18H20N4O2. The van der Waals surface area contributed by atoms with Crippen LogP contribution in [0.3, 0.4) is 0 Å². The van der Waals surface area contributed by atoms with E-state index in [4.69, 9.17) is 4.42 Å². The van der Waals surface area contributed by atoms with E-state index in [1.807, 2.05) is 25.1 Å². The molecule has 0 fully saturated rings. The number of aryl methyl sites for hydroxylation is 1. The highest BCUT2D eigenvalue weighted by Crippen LogP contribution is 2.22. The zero-order valence-corrected chi connectivity index (χ0v) is 13.8. The van der Waals surface area contributed by atoms with E-state index in [1.54, 1.807) is 17.1 Å². The van der Waals surface area contributed by atoms with Gasteiger partial charge in [-0.1, -0.05) is 31.2 Å². The van der Waals surface area contributed by atoms with Gasteiger partial charge in [0.15, 0.2) is 5.76 Å². The van der Waals surface area contributed by atoms with Gasteiger partial charge in [0, 0.05) is 11.6 Å². The van der Waals surface area contributed by atoms with Gasteiger partial charge in [-0.2, -0.15) is 5.10 Å². The molecule has 1 aromatic carbocycles. The Labute approximate surface area is 140 Å². The lowest BCUT2D eigenvalue weighted by Gasteiger charge is -2.12. The molecule has 2 heterocycles. The standard InChI is InChI=1S/C18H20N4O2/c1-3-14-4-6-15(7-5-14)16-8-9-17(24-16)18(23)21-13(2)10-22-12-19-11-20-22/h4-9,11-13H,3,10H2,1-2H3,(H,21,23). The number of furan rings is 1. The van der Waals surface area contributed by atoms with Crippen LogP contribution in [0.4, 0.5) is 0 Å². The lowest BCUT2D eigenvalue weighted by atomic mass is 10.1. The molecule has 6 nitrogen and oxygen atoms in total. The number of hydrogen-bond acceptors (Lipinski definition) is 4. The third-order valence-electron chi connectivity index (χ3n) is 3.78. The number of hydrogen-bond donors (Lipinski definition) is 1. The molecule has 0 aliphatic heterocycles. The number of nitrogens with one attached hydrogen (secondary N) is 1. The van der Waals surface area contributed by atoms with E-state index in [-0.39, 0.29) is 11.9 Å². The van der Waals surface area contributed by atoms with Crippen LogP contribution in [0.2, 0.25) is 0 Å². The number of amides is 1. The molecule has 3 rings (SSSR count). The molecule has 6 heteroatoms. The molecule has 1 amide bonds. The Morgan fingerprint density at radius 2 is 2.04 bits per heavy atom. The molecule has 1 unspecified atom stereocenters. The molecule has 0 radical (unpaired) electrons. The number of nitrogens with zero attached hydrogens (tertiary/aromatic N) is 3. The zero-order valence-electron chi connectivity index (χ0n) is 13.8. The van der Waals surface area contributed by atoms with Crippen LogP contribution in [0.15, 0.2) is 53.5 Å². The highest BCUT2D eigenvalue weighted by atomic mass is 16.3. The van der Waals surface area contributed by atoms with Crippen molar-refractivity contribution in [2.45, 2.75) is 32.9 Å². The van der Waals surface area contributed by atoms with E-state index < -0.39 is 0 Å². The SMILES string of the molecule is CCc1ccc(-c2ccc(C(=O)NC(C)Cn3cncn3)o2)cc1. The smallest absolute Gasteiger partial charge is 0.287 e. The summed E-state index contributed by atoms with van der Waals surface area (Å²) >= 11 is 0. The summed E-state index contributed by atoms with van der Waals surface area (Å²) in [4.78, 5) is 16.2. The molecule has 1 N–H and O–H groups in total. The first-order chi connectivity index (χ1) is 11.7. The summed E-state index contributed by atoms with van der Waals surface area (Å²) in [6, 6.07) is 11.6. The Kier molecular flexibility index (Phi) is 4.74. The van der Waals surface area contributed by atoms with E-state index in [0.29, 0.717) is 18.1 Å². The lowest BCUT2D eigenvalue weighted by molar-refractivity contribution is 0.0909. The number of carbonyl (C=O) groups excluding carboxylic acids is 1. The summed E-state index contributed by atoms with van der Waals surface area (Å²) in [6.07, 6.45) is 4.08. The molecular weight excluding hydrogens is 304 g/mol. The summed E-state index contributed by atoms with van der Waals surface area (Å²) in [5, 5.41) is 6.92. The second kappa shape index (κ2) is 7.12. The Morgan fingerprint density at radius 3 is 2.71 bits per heavy atom. The summed E-state index contributed by atoms with van der Waals surface area (Å²) in [5.74, 6) is 0.751.